The van der Waals surface area contributed by atoms with E-state index in [1.54, 1.807) is 18.2 Å². The highest BCUT2D eigenvalue weighted by atomic mass is 16.7. The van der Waals surface area contributed by atoms with Gasteiger partial charge in [-0.3, -0.25) is 14.9 Å². The first kappa shape index (κ1) is 17.5. The third kappa shape index (κ3) is 3.23. The lowest BCUT2D eigenvalue weighted by Gasteiger charge is -2.07. The van der Waals surface area contributed by atoms with E-state index >= 15 is 0 Å². The van der Waals surface area contributed by atoms with Crippen LogP contribution in [0.3, 0.4) is 0 Å². The van der Waals surface area contributed by atoms with Gasteiger partial charge in [-0.2, -0.15) is 0 Å². The number of nitro groups is 1. The highest BCUT2D eigenvalue weighted by molar-refractivity contribution is 6.02. The minimum Gasteiger partial charge on any atom is -0.454 e. The molecule has 3 aromatic rings. The average molecular weight is 379 g/mol. The van der Waals surface area contributed by atoms with E-state index in [9.17, 15) is 19.7 Å². The Morgan fingerprint density at radius 2 is 1.71 bits per heavy atom. The van der Waals surface area contributed by atoms with Crippen molar-refractivity contribution in [3.8, 4) is 11.5 Å². The van der Waals surface area contributed by atoms with E-state index in [-0.39, 0.29) is 23.9 Å². The third-order valence-corrected chi connectivity index (χ3v) is 4.31. The summed E-state index contributed by atoms with van der Waals surface area (Å²) in [6.45, 7) is -0.631. The number of esters is 1. The van der Waals surface area contributed by atoms with Crippen molar-refractivity contribution in [2.45, 2.75) is 0 Å². The number of nitro benzene ring substituents is 1. The maximum atomic E-state index is 12.4. The summed E-state index contributed by atoms with van der Waals surface area (Å²) in [4.78, 5) is 35.2. The molecule has 0 aliphatic carbocycles. The van der Waals surface area contributed by atoms with Crippen LogP contribution in [0.1, 0.15) is 20.7 Å². The van der Waals surface area contributed by atoms with Crippen molar-refractivity contribution in [2.24, 2.45) is 0 Å². The zero-order valence-corrected chi connectivity index (χ0v) is 14.4. The number of nitrogens with zero attached hydrogens (tertiary/aromatic N) is 1. The van der Waals surface area contributed by atoms with Gasteiger partial charge in [0.15, 0.2) is 23.9 Å². The largest absolute Gasteiger partial charge is 0.454 e. The summed E-state index contributed by atoms with van der Waals surface area (Å²) in [6, 6.07) is 15.0. The Morgan fingerprint density at radius 1 is 1.00 bits per heavy atom. The number of carbonyl (C=O) groups is 2. The Labute approximate surface area is 158 Å². The third-order valence-electron chi connectivity index (χ3n) is 4.31. The molecular formula is C20H13NO7. The molecule has 8 nitrogen and oxygen atoms in total. The summed E-state index contributed by atoms with van der Waals surface area (Å²) in [5.41, 5.74) is -0.403. The Morgan fingerprint density at radius 3 is 2.46 bits per heavy atom. The van der Waals surface area contributed by atoms with Crippen molar-refractivity contribution in [1.29, 1.82) is 0 Å². The summed E-state index contributed by atoms with van der Waals surface area (Å²) < 4.78 is 15.2. The molecule has 0 atom stereocenters. The van der Waals surface area contributed by atoms with Crippen molar-refractivity contribution in [3.05, 3.63) is 75.8 Å². The lowest BCUT2D eigenvalue weighted by atomic mass is 10.0. The molecule has 0 aromatic heterocycles. The van der Waals surface area contributed by atoms with E-state index < -0.39 is 29.0 Å². The van der Waals surface area contributed by atoms with Crippen LogP contribution in [0.15, 0.2) is 54.6 Å². The molecule has 1 heterocycles. The van der Waals surface area contributed by atoms with E-state index in [1.807, 2.05) is 24.3 Å². The molecule has 4 rings (SSSR count). The summed E-state index contributed by atoms with van der Waals surface area (Å²) >= 11 is 0. The SMILES string of the molecule is O=C(COC(=O)c1cc2c(cc1[N+](=O)[O-])OCO2)c1ccc2ccccc2c1. The lowest BCUT2D eigenvalue weighted by Crippen LogP contribution is -2.15. The van der Waals surface area contributed by atoms with Crippen LogP contribution in [-0.4, -0.2) is 30.1 Å². The van der Waals surface area contributed by atoms with Crippen molar-refractivity contribution >= 4 is 28.2 Å². The summed E-state index contributed by atoms with van der Waals surface area (Å²) in [7, 11) is 0. The maximum absolute atomic E-state index is 12.4. The molecule has 1 aliphatic rings. The van der Waals surface area contributed by atoms with Crippen LogP contribution in [0.25, 0.3) is 10.8 Å². The predicted molar refractivity (Wildman–Crippen MR) is 97.8 cm³/mol. The van der Waals surface area contributed by atoms with Crippen molar-refractivity contribution in [1.82, 2.24) is 0 Å². The minimum absolute atomic E-state index is 0.0918. The van der Waals surface area contributed by atoms with Crippen LogP contribution in [0.2, 0.25) is 0 Å². The summed E-state index contributed by atoms with van der Waals surface area (Å²) in [6.07, 6.45) is 0. The molecule has 8 heteroatoms. The number of benzene rings is 3. The number of fused-ring (bicyclic) bond motifs is 2. The van der Waals surface area contributed by atoms with Gasteiger partial charge in [-0.15, -0.1) is 0 Å². The van der Waals surface area contributed by atoms with Crippen molar-refractivity contribution < 1.29 is 28.7 Å². The van der Waals surface area contributed by atoms with Gasteiger partial charge in [-0.25, -0.2) is 4.79 Å². The fourth-order valence-corrected chi connectivity index (χ4v) is 2.90. The molecule has 0 amide bonds. The van der Waals surface area contributed by atoms with Crippen LogP contribution < -0.4 is 9.47 Å². The van der Waals surface area contributed by atoms with Crippen LogP contribution in [0.4, 0.5) is 5.69 Å². The molecule has 140 valence electrons. The quantitative estimate of drug-likeness (QED) is 0.289. The second-order valence-electron chi connectivity index (χ2n) is 6.04. The Bertz CT molecular complexity index is 1120. The van der Waals surface area contributed by atoms with Gasteiger partial charge in [-0.05, 0) is 16.8 Å². The number of carbonyl (C=O) groups excluding carboxylic acids is 2. The van der Waals surface area contributed by atoms with E-state index in [2.05, 4.69) is 0 Å². The van der Waals surface area contributed by atoms with Crippen LogP contribution >= 0.6 is 0 Å². The molecule has 0 saturated carbocycles. The normalized spacial score (nSPS) is 12.0. The van der Waals surface area contributed by atoms with Gasteiger partial charge < -0.3 is 14.2 Å². The second-order valence-corrected chi connectivity index (χ2v) is 6.04. The van der Waals surface area contributed by atoms with E-state index in [0.717, 1.165) is 16.8 Å². The molecule has 0 spiro atoms. The van der Waals surface area contributed by atoms with Gasteiger partial charge in [0.05, 0.1) is 11.0 Å². The monoisotopic (exact) mass is 379 g/mol. The van der Waals surface area contributed by atoms with Gasteiger partial charge >= 0.3 is 5.97 Å². The number of rotatable bonds is 5. The summed E-state index contributed by atoms with van der Waals surface area (Å²) in [5, 5.41) is 13.1. The zero-order valence-electron chi connectivity index (χ0n) is 14.4. The van der Waals surface area contributed by atoms with Crippen LogP contribution in [0.5, 0.6) is 11.5 Å². The Balaban J connectivity index is 1.52. The molecule has 0 N–H and O–H groups in total. The van der Waals surface area contributed by atoms with Gasteiger partial charge in [0.25, 0.3) is 5.69 Å². The second kappa shape index (κ2) is 6.99. The number of hydrogen-bond acceptors (Lipinski definition) is 7. The summed E-state index contributed by atoms with van der Waals surface area (Å²) in [5.74, 6) is -1.02. The van der Waals surface area contributed by atoms with Gasteiger partial charge in [0, 0.05) is 11.6 Å². The van der Waals surface area contributed by atoms with Crippen LogP contribution in [-0.2, 0) is 4.74 Å². The fourth-order valence-electron chi connectivity index (χ4n) is 2.90. The van der Waals surface area contributed by atoms with Gasteiger partial charge in [0.2, 0.25) is 6.79 Å². The predicted octanol–water partition coefficient (Wildman–Crippen LogP) is 3.52. The Hall–Kier alpha value is -3.94. The fraction of sp³-hybridized carbons (Fsp3) is 0.100. The lowest BCUT2D eigenvalue weighted by molar-refractivity contribution is -0.385. The van der Waals surface area contributed by atoms with Crippen LogP contribution in [0, 0.1) is 10.1 Å². The van der Waals surface area contributed by atoms with E-state index in [4.69, 9.17) is 14.2 Å². The number of hydrogen-bond donors (Lipinski definition) is 0. The minimum atomic E-state index is -0.987. The number of Topliss-reactive ketones (excluding diaryl/α,β-unsaturated/α-hetero) is 1. The molecule has 0 radical (unpaired) electrons. The molecule has 0 unspecified atom stereocenters. The van der Waals surface area contributed by atoms with E-state index in [0.29, 0.717) is 5.56 Å². The maximum Gasteiger partial charge on any atom is 0.345 e. The zero-order chi connectivity index (χ0) is 19.7. The highest BCUT2D eigenvalue weighted by Crippen LogP contribution is 2.38. The first-order valence-electron chi connectivity index (χ1n) is 8.30. The molecule has 0 fully saturated rings. The first-order chi connectivity index (χ1) is 13.5. The molecule has 28 heavy (non-hydrogen) atoms. The molecule has 3 aromatic carbocycles. The Kier molecular flexibility index (Phi) is 4.36. The van der Waals surface area contributed by atoms with Gasteiger partial charge in [-0.1, -0.05) is 36.4 Å². The highest BCUT2D eigenvalue weighted by Gasteiger charge is 2.28. The molecule has 0 bridgehead atoms. The molecule has 1 aliphatic heterocycles. The molecule has 0 saturated heterocycles. The average Bonchev–Trinajstić information content (AvgIpc) is 3.18. The first-order valence-corrected chi connectivity index (χ1v) is 8.30. The number of ketones is 1. The molecular weight excluding hydrogens is 366 g/mol. The van der Waals surface area contributed by atoms with E-state index in [1.165, 1.54) is 6.07 Å². The number of ether oxygens (including phenoxy) is 3. The standard InChI is InChI=1S/C20H13NO7/c22-17(14-6-5-12-3-1-2-4-13(12)7-14)10-26-20(23)15-8-18-19(28-11-27-18)9-16(15)21(24)25/h1-9H,10-11H2. The smallest absolute Gasteiger partial charge is 0.345 e. The van der Waals surface area contributed by atoms with Crippen molar-refractivity contribution in [3.63, 3.8) is 0 Å². The van der Waals surface area contributed by atoms with Crippen molar-refractivity contribution in [2.75, 3.05) is 13.4 Å². The van der Waals surface area contributed by atoms with Gasteiger partial charge in [0.1, 0.15) is 5.56 Å². The topological polar surface area (TPSA) is 105 Å².